The molecule has 8 nitrogen and oxygen atoms in total. The van der Waals surface area contributed by atoms with Gasteiger partial charge in [-0.05, 0) is 25.0 Å². The van der Waals surface area contributed by atoms with Gasteiger partial charge in [0.25, 0.3) is 0 Å². The van der Waals surface area contributed by atoms with Gasteiger partial charge in [0.1, 0.15) is 5.82 Å². The number of nitrogens with zero attached hydrogens (tertiary/aromatic N) is 4. The molecular weight excluding hydrogens is 296 g/mol. The van der Waals surface area contributed by atoms with Gasteiger partial charge in [0.05, 0.1) is 13.2 Å². The summed E-state index contributed by atoms with van der Waals surface area (Å²) in [4.78, 5) is 4.10. The zero-order valence-corrected chi connectivity index (χ0v) is 13.1. The average Bonchev–Trinajstić information content (AvgIpc) is 2.91. The van der Waals surface area contributed by atoms with Gasteiger partial charge < -0.3 is 25.5 Å². The van der Waals surface area contributed by atoms with Gasteiger partial charge >= 0.3 is 0 Å². The van der Waals surface area contributed by atoms with E-state index in [9.17, 15) is 5.11 Å². The monoisotopic (exact) mass is 318 g/mol. The fraction of sp³-hybridized carbons (Fsp3) is 0.533. The molecule has 4 N–H and O–H groups in total. The molecule has 0 amide bonds. The highest BCUT2D eigenvalue weighted by Crippen LogP contribution is 2.34. The Labute approximate surface area is 134 Å². The van der Waals surface area contributed by atoms with Crippen LogP contribution in [0.5, 0.6) is 5.75 Å². The maximum absolute atomic E-state index is 9.77. The van der Waals surface area contributed by atoms with Crippen molar-refractivity contribution in [2.45, 2.75) is 37.9 Å². The maximum Gasteiger partial charge on any atom is 0.168 e. The summed E-state index contributed by atoms with van der Waals surface area (Å²) in [6.45, 7) is 1.71. The molecule has 0 spiro atoms. The van der Waals surface area contributed by atoms with Crippen LogP contribution < -0.4 is 11.1 Å². The minimum atomic E-state index is 0.112. The molecule has 0 radical (unpaired) electrons. The van der Waals surface area contributed by atoms with Crippen molar-refractivity contribution in [3.63, 3.8) is 0 Å². The molecule has 0 unspecified atom stereocenters. The Morgan fingerprint density at radius 3 is 2.96 bits per heavy atom. The molecule has 1 aliphatic carbocycles. The van der Waals surface area contributed by atoms with Gasteiger partial charge in [-0.3, -0.25) is 0 Å². The molecule has 2 aromatic heterocycles. The molecule has 1 saturated carbocycles. The summed E-state index contributed by atoms with van der Waals surface area (Å²) in [5.74, 6) is 2.67. The number of aromatic nitrogens is 4. The third-order valence-electron chi connectivity index (χ3n) is 4.12. The lowest BCUT2D eigenvalue weighted by Crippen LogP contribution is -2.36. The Hall–Kier alpha value is -2.19. The molecule has 0 saturated heterocycles. The van der Waals surface area contributed by atoms with Crippen LogP contribution in [0.2, 0.25) is 0 Å². The molecule has 1 aliphatic rings. The summed E-state index contributed by atoms with van der Waals surface area (Å²) in [6, 6.07) is 3.53. The molecule has 2 aromatic rings. The number of rotatable bonds is 7. The van der Waals surface area contributed by atoms with E-state index in [0.717, 1.165) is 24.5 Å². The fourth-order valence-electron chi connectivity index (χ4n) is 2.78. The van der Waals surface area contributed by atoms with E-state index in [0.29, 0.717) is 31.4 Å². The van der Waals surface area contributed by atoms with Gasteiger partial charge in [-0.15, -0.1) is 10.2 Å². The Morgan fingerprint density at radius 1 is 1.43 bits per heavy atom. The highest BCUT2D eigenvalue weighted by molar-refractivity contribution is 5.48. The van der Waals surface area contributed by atoms with Crippen molar-refractivity contribution in [2.75, 3.05) is 19.0 Å². The van der Waals surface area contributed by atoms with Gasteiger partial charge in [-0.1, -0.05) is 0 Å². The summed E-state index contributed by atoms with van der Waals surface area (Å²) in [7, 11) is 1.67. The lowest BCUT2D eigenvalue weighted by atomic mass is 9.80. The van der Waals surface area contributed by atoms with Crippen molar-refractivity contribution >= 4 is 5.82 Å². The first-order chi connectivity index (χ1) is 11.2. The maximum atomic E-state index is 9.77. The number of methoxy groups -OCH3 is 1. The minimum absolute atomic E-state index is 0.112. The van der Waals surface area contributed by atoms with Gasteiger partial charge in [0.2, 0.25) is 0 Å². The Balaban J connectivity index is 1.74. The van der Waals surface area contributed by atoms with Crippen LogP contribution in [0.4, 0.5) is 5.82 Å². The predicted octanol–water partition coefficient (Wildman–Crippen LogP) is 0.842. The van der Waals surface area contributed by atoms with Crippen LogP contribution in [0.3, 0.4) is 0 Å². The molecule has 0 atom stereocenters. The number of hydrogen-bond acceptors (Lipinski definition) is 7. The van der Waals surface area contributed by atoms with Crippen LogP contribution in [0.1, 0.15) is 30.4 Å². The highest BCUT2D eigenvalue weighted by Gasteiger charge is 2.32. The lowest BCUT2D eigenvalue weighted by Gasteiger charge is -2.31. The molecule has 1 fully saturated rings. The summed E-state index contributed by atoms with van der Waals surface area (Å²) in [5.41, 5.74) is 5.88. The van der Waals surface area contributed by atoms with Gasteiger partial charge in [0, 0.05) is 31.8 Å². The number of pyridine rings is 1. The van der Waals surface area contributed by atoms with Crippen molar-refractivity contribution in [3.8, 4) is 5.75 Å². The van der Waals surface area contributed by atoms with E-state index in [2.05, 4.69) is 25.1 Å². The molecular formula is C15H22N6O2. The van der Waals surface area contributed by atoms with E-state index in [4.69, 9.17) is 10.5 Å². The van der Waals surface area contributed by atoms with Crippen LogP contribution in [0, 0.1) is 0 Å². The average molecular weight is 318 g/mol. The summed E-state index contributed by atoms with van der Waals surface area (Å²) < 4.78 is 7.26. The zero-order chi connectivity index (χ0) is 16.2. The second-order valence-corrected chi connectivity index (χ2v) is 5.77. The van der Waals surface area contributed by atoms with Crippen LogP contribution in [-0.2, 0) is 17.8 Å². The number of nitrogens with one attached hydrogen (secondary N) is 1. The van der Waals surface area contributed by atoms with Crippen LogP contribution in [0.15, 0.2) is 18.3 Å². The predicted molar refractivity (Wildman–Crippen MR) is 85.1 cm³/mol. The second kappa shape index (κ2) is 6.93. The highest BCUT2D eigenvalue weighted by atomic mass is 16.5. The van der Waals surface area contributed by atoms with Gasteiger partial charge in [-0.25, -0.2) is 4.98 Å². The molecule has 8 heteroatoms. The van der Waals surface area contributed by atoms with Crippen molar-refractivity contribution in [1.29, 1.82) is 0 Å². The van der Waals surface area contributed by atoms with E-state index in [1.54, 1.807) is 25.4 Å². The van der Waals surface area contributed by atoms with Crippen LogP contribution >= 0.6 is 0 Å². The number of anilines is 1. The summed E-state index contributed by atoms with van der Waals surface area (Å²) in [6.07, 6.45) is 3.51. The second-order valence-electron chi connectivity index (χ2n) is 5.77. The van der Waals surface area contributed by atoms with Gasteiger partial charge in [-0.2, -0.15) is 0 Å². The molecule has 0 bridgehead atoms. The number of ether oxygens (including phenoxy) is 1. The normalized spacial score (nSPS) is 20.3. The number of aromatic hydroxyl groups is 1. The van der Waals surface area contributed by atoms with Gasteiger partial charge in [0.15, 0.2) is 17.4 Å². The quantitative estimate of drug-likeness (QED) is 0.693. The van der Waals surface area contributed by atoms with Crippen molar-refractivity contribution in [1.82, 2.24) is 19.7 Å². The lowest BCUT2D eigenvalue weighted by molar-refractivity contribution is 0.183. The molecule has 0 aliphatic heterocycles. The summed E-state index contributed by atoms with van der Waals surface area (Å²) in [5, 5.41) is 21.5. The molecule has 0 aromatic carbocycles. The molecule has 3 rings (SSSR count). The number of nitrogens with two attached hydrogens (primary N) is 1. The third-order valence-corrected chi connectivity index (χ3v) is 4.12. The molecule has 2 heterocycles. The third kappa shape index (κ3) is 3.43. The van der Waals surface area contributed by atoms with Crippen LogP contribution in [0.25, 0.3) is 0 Å². The zero-order valence-electron chi connectivity index (χ0n) is 13.1. The summed E-state index contributed by atoms with van der Waals surface area (Å²) >= 11 is 0. The largest absolute Gasteiger partial charge is 0.504 e. The molecule has 124 valence electrons. The topological polar surface area (TPSA) is 111 Å². The molecule has 23 heavy (non-hydrogen) atoms. The van der Waals surface area contributed by atoms with Crippen LogP contribution in [-0.4, -0.2) is 44.6 Å². The Bertz CT molecular complexity index is 653. The first kappa shape index (κ1) is 15.7. The van der Waals surface area contributed by atoms with Crippen molar-refractivity contribution in [2.24, 2.45) is 5.73 Å². The first-order valence-electron chi connectivity index (χ1n) is 7.73. The number of hydrogen-bond donors (Lipinski definition) is 3. The van der Waals surface area contributed by atoms with E-state index < -0.39 is 0 Å². The minimum Gasteiger partial charge on any atom is -0.504 e. The SMILES string of the molecule is COCCn1c(CNc2ncccc2O)nnc1C1CC(N)C1. The van der Waals surface area contributed by atoms with E-state index >= 15 is 0 Å². The van der Waals surface area contributed by atoms with Crippen molar-refractivity contribution < 1.29 is 9.84 Å². The van der Waals surface area contributed by atoms with E-state index in [1.807, 2.05) is 0 Å². The first-order valence-corrected chi connectivity index (χ1v) is 7.73. The Morgan fingerprint density at radius 2 is 2.26 bits per heavy atom. The smallest absolute Gasteiger partial charge is 0.168 e. The standard InChI is InChI=1S/C15H22N6O2/c1-23-6-5-21-13(9-18-14-12(22)3-2-4-17-14)19-20-15(21)10-7-11(16)8-10/h2-4,10-11,22H,5-9,16H2,1H3,(H,17,18). The Kier molecular flexibility index (Phi) is 4.73. The van der Waals surface area contributed by atoms with Crippen molar-refractivity contribution in [3.05, 3.63) is 30.0 Å². The fourth-order valence-corrected chi connectivity index (χ4v) is 2.78. The van der Waals surface area contributed by atoms with E-state index in [1.165, 1.54) is 0 Å². The van der Waals surface area contributed by atoms with E-state index in [-0.39, 0.29) is 11.8 Å².